The third-order valence-electron chi connectivity index (χ3n) is 2.80. The molecular formula is C14H14BrClN2O3. The molecule has 0 aliphatic heterocycles. The summed E-state index contributed by atoms with van der Waals surface area (Å²) in [6.07, 6.45) is 0. The molecule has 0 fully saturated rings. The number of esters is 1. The Hall–Kier alpha value is -1.53. The average Bonchev–Trinajstić information content (AvgIpc) is 2.73. The number of ether oxygens (including phenoxy) is 2. The molecule has 0 unspecified atom stereocenters. The SMILES string of the molecule is CCOC(=O)c1nc(Br)n(C)c1COc1cccc(Cl)c1. The summed E-state index contributed by atoms with van der Waals surface area (Å²) in [5.41, 5.74) is 0.869. The molecule has 0 saturated carbocycles. The molecule has 0 N–H and O–H groups in total. The van der Waals surface area contributed by atoms with Crippen LogP contribution in [0, 0.1) is 0 Å². The van der Waals surface area contributed by atoms with Crippen LogP contribution >= 0.6 is 27.5 Å². The van der Waals surface area contributed by atoms with Crippen molar-refractivity contribution < 1.29 is 14.3 Å². The Morgan fingerprint density at radius 3 is 2.90 bits per heavy atom. The predicted octanol–water partition coefficient (Wildman–Crippen LogP) is 3.59. The van der Waals surface area contributed by atoms with Crippen molar-refractivity contribution in [2.45, 2.75) is 13.5 Å². The molecule has 0 amide bonds. The van der Waals surface area contributed by atoms with Gasteiger partial charge in [-0.2, -0.15) is 0 Å². The second-order valence-corrected chi connectivity index (χ2v) is 5.35. The predicted molar refractivity (Wildman–Crippen MR) is 82.6 cm³/mol. The minimum absolute atomic E-state index is 0.184. The van der Waals surface area contributed by atoms with Crippen molar-refractivity contribution in [2.24, 2.45) is 7.05 Å². The number of rotatable bonds is 5. The molecule has 0 saturated heterocycles. The van der Waals surface area contributed by atoms with Gasteiger partial charge in [0.25, 0.3) is 0 Å². The Labute approximate surface area is 136 Å². The van der Waals surface area contributed by atoms with Crippen molar-refractivity contribution in [3.63, 3.8) is 0 Å². The van der Waals surface area contributed by atoms with Gasteiger partial charge in [-0.1, -0.05) is 17.7 Å². The van der Waals surface area contributed by atoms with Gasteiger partial charge in [0.2, 0.25) is 0 Å². The van der Waals surface area contributed by atoms with Crippen LogP contribution in [-0.4, -0.2) is 22.1 Å². The third kappa shape index (κ3) is 3.77. The molecule has 5 nitrogen and oxygen atoms in total. The van der Waals surface area contributed by atoms with E-state index in [1.807, 2.05) is 0 Å². The lowest BCUT2D eigenvalue weighted by molar-refractivity contribution is 0.0516. The summed E-state index contributed by atoms with van der Waals surface area (Å²) in [5, 5.41) is 0.587. The maximum atomic E-state index is 11.9. The van der Waals surface area contributed by atoms with Crippen LogP contribution < -0.4 is 4.74 Å². The highest BCUT2D eigenvalue weighted by molar-refractivity contribution is 9.10. The van der Waals surface area contributed by atoms with Gasteiger partial charge in [0.05, 0.1) is 12.3 Å². The summed E-state index contributed by atoms with van der Waals surface area (Å²) in [7, 11) is 1.79. The molecule has 21 heavy (non-hydrogen) atoms. The zero-order valence-electron chi connectivity index (χ0n) is 11.6. The molecule has 2 aromatic rings. The van der Waals surface area contributed by atoms with Gasteiger partial charge < -0.3 is 14.0 Å². The smallest absolute Gasteiger partial charge is 0.359 e. The van der Waals surface area contributed by atoms with Crippen LogP contribution in [0.15, 0.2) is 29.0 Å². The highest BCUT2D eigenvalue weighted by Gasteiger charge is 2.21. The summed E-state index contributed by atoms with van der Waals surface area (Å²) in [6, 6.07) is 7.06. The lowest BCUT2D eigenvalue weighted by Crippen LogP contribution is -2.11. The van der Waals surface area contributed by atoms with E-state index in [1.54, 1.807) is 42.8 Å². The fourth-order valence-corrected chi connectivity index (χ4v) is 2.31. The number of nitrogens with zero attached hydrogens (tertiary/aromatic N) is 2. The number of imidazole rings is 1. The van der Waals surface area contributed by atoms with Crippen LogP contribution in [0.5, 0.6) is 5.75 Å². The number of benzene rings is 1. The van der Waals surface area contributed by atoms with Gasteiger partial charge >= 0.3 is 5.97 Å². The quantitative estimate of drug-likeness (QED) is 0.752. The summed E-state index contributed by atoms with van der Waals surface area (Å²) >= 11 is 9.20. The first-order valence-electron chi connectivity index (χ1n) is 6.29. The maximum Gasteiger partial charge on any atom is 0.359 e. The fraction of sp³-hybridized carbons (Fsp3) is 0.286. The van der Waals surface area contributed by atoms with E-state index in [4.69, 9.17) is 21.1 Å². The Bertz CT molecular complexity index is 658. The molecule has 0 aliphatic rings. The van der Waals surface area contributed by atoms with E-state index < -0.39 is 5.97 Å². The minimum Gasteiger partial charge on any atom is -0.487 e. The van der Waals surface area contributed by atoms with E-state index in [0.29, 0.717) is 27.8 Å². The highest BCUT2D eigenvalue weighted by atomic mass is 79.9. The molecule has 1 heterocycles. The normalized spacial score (nSPS) is 10.5. The fourth-order valence-electron chi connectivity index (χ4n) is 1.74. The Morgan fingerprint density at radius 1 is 1.48 bits per heavy atom. The minimum atomic E-state index is -0.469. The van der Waals surface area contributed by atoms with E-state index in [9.17, 15) is 4.79 Å². The molecule has 0 atom stereocenters. The van der Waals surface area contributed by atoms with Crippen LogP contribution in [-0.2, 0) is 18.4 Å². The summed E-state index contributed by atoms with van der Waals surface area (Å²) in [5.74, 6) is 0.151. The van der Waals surface area contributed by atoms with Gasteiger partial charge in [-0.25, -0.2) is 9.78 Å². The average molecular weight is 374 g/mol. The summed E-state index contributed by atoms with van der Waals surface area (Å²) < 4.78 is 12.9. The first-order valence-corrected chi connectivity index (χ1v) is 7.46. The second-order valence-electron chi connectivity index (χ2n) is 4.20. The van der Waals surface area contributed by atoms with Crippen LogP contribution in [0.4, 0.5) is 0 Å². The summed E-state index contributed by atoms with van der Waals surface area (Å²) in [4.78, 5) is 16.1. The zero-order chi connectivity index (χ0) is 15.4. The van der Waals surface area contributed by atoms with Gasteiger partial charge in [-0.3, -0.25) is 0 Å². The molecule has 1 aromatic heterocycles. The van der Waals surface area contributed by atoms with Crippen LogP contribution in [0.25, 0.3) is 0 Å². The largest absolute Gasteiger partial charge is 0.487 e. The van der Waals surface area contributed by atoms with Gasteiger partial charge in [0.15, 0.2) is 10.4 Å². The molecule has 0 spiro atoms. The Kier molecular flexibility index (Phi) is 5.25. The van der Waals surface area contributed by atoms with Crippen LogP contribution in [0.3, 0.4) is 0 Å². The maximum absolute atomic E-state index is 11.9. The van der Waals surface area contributed by atoms with Gasteiger partial charge in [0, 0.05) is 12.1 Å². The molecule has 0 bridgehead atoms. The third-order valence-corrected chi connectivity index (χ3v) is 3.74. The van der Waals surface area contributed by atoms with Crippen molar-refractivity contribution >= 4 is 33.5 Å². The molecule has 1 aromatic carbocycles. The molecular weight excluding hydrogens is 360 g/mol. The van der Waals surface area contributed by atoms with Crippen LogP contribution in [0.2, 0.25) is 5.02 Å². The Morgan fingerprint density at radius 2 is 2.24 bits per heavy atom. The molecule has 112 valence electrons. The van der Waals surface area contributed by atoms with E-state index >= 15 is 0 Å². The van der Waals surface area contributed by atoms with E-state index in [2.05, 4.69) is 20.9 Å². The molecule has 7 heteroatoms. The van der Waals surface area contributed by atoms with Crippen molar-refractivity contribution in [2.75, 3.05) is 6.61 Å². The lowest BCUT2D eigenvalue weighted by atomic mass is 10.3. The van der Waals surface area contributed by atoms with Crippen LogP contribution in [0.1, 0.15) is 23.1 Å². The van der Waals surface area contributed by atoms with E-state index in [0.717, 1.165) is 0 Å². The van der Waals surface area contributed by atoms with Crippen molar-refractivity contribution in [3.05, 3.63) is 45.4 Å². The monoisotopic (exact) mass is 372 g/mol. The summed E-state index contributed by atoms with van der Waals surface area (Å²) in [6.45, 7) is 2.23. The number of halogens is 2. The number of carbonyl (C=O) groups excluding carboxylic acids is 1. The zero-order valence-corrected chi connectivity index (χ0v) is 13.9. The van der Waals surface area contributed by atoms with Gasteiger partial charge in [-0.15, -0.1) is 0 Å². The Balaban J connectivity index is 2.21. The van der Waals surface area contributed by atoms with Crippen molar-refractivity contribution in [1.82, 2.24) is 9.55 Å². The molecule has 2 rings (SSSR count). The van der Waals surface area contributed by atoms with Gasteiger partial charge in [0.1, 0.15) is 12.4 Å². The standard InChI is InChI=1S/C14H14BrClN2O3/c1-3-20-13(19)12-11(18(2)14(15)17-12)8-21-10-6-4-5-9(16)7-10/h4-7H,3,8H2,1-2H3. The number of hydrogen-bond donors (Lipinski definition) is 0. The van der Waals surface area contributed by atoms with E-state index in [1.165, 1.54) is 0 Å². The van der Waals surface area contributed by atoms with Crippen molar-refractivity contribution in [1.29, 1.82) is 0 Å². The highest BCUT2D eigenvalue weighted by Crippen LogP contribution is 2.21. The first-order chi connectivity index (χ1) is 10.0. The first kappa shape index (κ1) is 15.9. The molecule has 0 aliphatic carbocycles. The molecule has 0 radical (unpaired) electrons. The van der Waals surface area contributed by atoms with E-state index in [-0.39, 0.29) is 12.3 Å². The topological polar surface area (TPSA) is 53.3 Å². The second kappa shape index (κ2) is 6.95. The van der Waals surface area contributed by atoms with Gasteiger partial charge in [-0.05, 0) is 41.1 Å². The number of carbonyl (C=O) groups is 1. The van der Waals surface area contributed by atoms with Crippen molar-refractivity contribution in [3.8, 4) is 5.75 Å². The lowest BCUT2D eigenvalue weighted by Gasteiger charge is -2.09. The number of aromatic nitrogens is 2. The number of hydrogen-bond acceptors (Lipinski definition) is 4.